The Balaban J connectivity index is 2.05. The third kappa shape index (κ3) is 3.16. The summed E-state index contributed by atoms with van der Waals surface area (Å²) in [5, 5.41) is 14.4. The maximum atomic E-state index is 11.8. The molecule has 0 radical (unpaired) electrons. The number of ketones is 1. The van der Waals surface area contributed by atoms with Gasteiger partial charge in [-0.2, -0.15) is 5.10 Å². The molecule has 3 aromatic rings. The van der Waals surface area contributed by atoms with E-state index in [2.05, 4.69) is 10.1 Å². The van der Waals surface area contributed by atoms with Crippen LogP contribution in [0, 0.1) is 13.8 Å². The second kappa shape index (κ2) is 6.96. The maximum absolute atomic E-state index is 11.8. The van der Waals surface area contributed by atoms with Gasteiger partial charge in [-0.15, -0.1) is 0 Å². The van der Waals surface area contributed by atoms with Crippen molar-refractivity contribution in [2.24, 2.45) is 0 Å². The van der Waals surface area contributed by atoms with Crippen LogP contribution in [0.5, 0.6) is 0 Å². The van der Waals surface area contributed by atoms with Crippen LogP contribution in [0.4, 0.5) is 0 Å². The molecular formula is C21H21N3O2. The van der Waals surface area contributed by atoms with Gasteiger partial charge in [0.25, 0.3) is 0 Å². The van der Waals surface area contributed by atoms with Gasteiger partial charge in [-0.1, -0.05) is 30.3 Å². The molecule has 0 bridgehead atoms. The van der Waals surface area contributed by atoms with Gasteiger partial charge < -0.3 is 5.11 Å². The third-order valence-electron chi connectivity index (χ3n) is 4.33. The molecule has 0 atom stereocenters. The lowest BCUT2D eigenvalue weighted by molar-refractivity contribution is -0.111. The zero-order chi connectivity index (χ0) is 18.8. The Hall–Kier alpha value is -3.21. The van der Waals surface area contributed by atoms with Crippen LogP contribution in [0.2, 0.25) is 0 Å². The molecule has 0 aliphatic heterocycles. The molecule has 1 aromatic carbocycles. The van der Waals surface area contributed by atoms with Gasteiger partial charge in [-0.3, -0.25) is 4.79 Å². The highest BCUT2D eigenvalue weighted by Crippen LogP contribution is 2.30. The van der Waals surface area contributed by atoms with Crippen molar-refractivity contribution >= 4 is 11.4 Å². The zero-order valence-electron chi connectivity index (χ0n) is 15.3. The van der Waals surface area contributed by atoms with Crippen molar-refractivity contribution in [3.8, 4) is 16.9 Å². The van der Waals surface area contributed by atoms with E-state index in [1.165, 1.54) is 13.8 Å². The summed E-state index contributed by atoms with van der Waals surface area (Å²) in [6.07, 6.45) is 1.74. The predicted octanol–water partition coefficient (Wildman–Crippen LogP) is 4.43. The zero-order valence-corrected chi connectivity index (χ0v) is 15.3. The number of pyridine rings is 1. The monoisotopic (exact) mass is 347 g/mol. The normalized spacial score (nSPS) is 12.0. The fraction of sp³-hybridized carbons (Fsp3) is 0.190. The molecule has 5 heteroatoms. The maximum Gasteiger partial charge on any atom is 0.163 e. The first-order chi connectivity index (χ1) is 12.4. The number of carbonyl (C=O) groups excluding carboxylic acids is 1. The Morgan fingerprint density at radius 1 is 1.04 bits per heavy atom. The summed E-state index contributed by atoms with van der Waals surface area (Å²) in [6, 6.07) is 13.3. The summed E-state index contributed by atoms with van der Waals surface area (Å²) in [4.78, 5) is 16.1. The van der Waals surface area contributed by atoms with Gasteiger partial charge in [0.1, 0.15) is 5.76 Å². The fourth-order valence-corrected chi connectivity index (χ4v) is 3.23. The molecule has 0 unspecified atom stereocenters. The number of Topliss-reactive ketones (excluding diaryl/α,β-unsaturated/α-hetero) is 1. The molecule has 0 amide bonds. The minimum absolute atomic E-state index is 0.0283. The van der Waals surface area contributed by atoms with Crippen LogP contribution in [0.25, 0.3) is 22.5 Å². The van der Waals surface area contributed by atoms with E-state index in [0.717, 1.165) is 28.3 Å². The fourth-order valence-electron chi connectivity index (χ4n) is 3.23. The van der Waals surface area contributed by atoms with Crippen molar-refractivity contribution in [2.75, 3.05) is 0 Å². The number of aryl methyl sites for hydroxylation is 1. The van der Waals surface area contributed by atoms with Crippen molar-refractivity contribution < 1.29 is 9.90 Å². The molecule has 26 heavy (non-hydrogen) atoms. The predicted molar refractivity (Wildman–Crippen MR) is 102 cm³/mol. The number of aromatic nitrogens is 3. The van der Waals surface area contributed by atoms with Crippen molar-refractivity contribution in [1.29, 1.82) is 0 Å². The van der Waals surface area contributed by atoms with E-state index in [0.29, 0.717) is 11.1 Å². The van der Waals surface area contributed by atoms with Crippen LogP contribution < -0.4 is 0 Å². The van der Waals surface area contributed by atoms with E-state index in [-0.39, 0.29) is 11.5 Å². The summed E-state index contributed by atoms with van der Waals surface area (Å²) >= 11 is 0. The molecule has 1 N–H and O–H groups in total. The lowest BCUT2D eigenvalue weighted by Crippen LogP contribution is -2.01. The van der Waals surface area contributed by atoms with E-state index < -0.39 is 0 Å². The van der Waals surface area contributed by atoms with Crippen LogP contribution in [-0.2, 0) is 4.79 Å². The van der Waals surface area contributed by atoms with E-state index in [9.17, 15) is 9.90 Å². The summed E-state index contributed by atoms with van der Waals surface area (Å²) < 4.78 is 1.83. The Kier molecular flexibility index (Phi) is 4.71. The molecule has 0 fully saturated rings. The lowest BCUT2D eigenvalue weighted by Gasteiger charge is -2.08. The molecule has 0 aliphatic rings. The smallest absolute Gasteiger partial charge is 0.163 e. The van der Waals surface area contributed by atoms with Gasteiger partial charge >= 0.3 is 0 Å². The summed E-state index contributed by atoms with van der Waals surface area (Å²) in [7, 11) is 0. The first-order valence-electron chi connectivity index (χ1n) is 8.39. The minimum atomic E-state index is -0.159. The van der Waals surface area contributed by atoms with Gasteiger partial charge in [0.2, 0.25) is 0 Å². The Morgan fingerprint density at radius 2 is 1.73 bits per heavy atom. The SMILES string of the molecule is CC(=O)/C(=C(\C)O)c1ccc(-c2c(C)nn(-c3ccccn3)c2C)cc1. The molecule has 5 nitrogen and oxygen atoms in total. The van der Waals surface area contributed by atoms with Crippen molar-refractivity contribution in [2.45, 2.75) is 27.7 Å². The second-order valence-corrected chi connectivity index (χ2v) is 6.24. The molecule has 132 valence electrons. The molecular weight excluding hydrogens is 326 g/mol. The topological polar surface area (TPSA) is 68.0 Å². The number of hydrogen-bond donors (Lipinski definition) is 1. The minimum Gasteiger partial charge on any atom is -0.512 e. The molecule has 2 heterocycles. The van der Waals surface area contributed by atoms with Crippen LogP contribution in [0.3, 0.4) is 0 Å². The highest BCUT2D eigenvalue weighted by atomic mass is 16.3. The Morgan fingerprint density at radius 3 is 2.27 bits per heavy atom. The Bertz CT molecular complexity index is 980. The average Bonchev–Trinajstić information content (AvgIpc) is 2.90. The van der Waals surface area contributed by atoms with E-state index in [1.807, 2.05) is 61.0 Å². The number of benzene rings is 1. The van der Waals surface area contributed by atoms with E-state index in [1.54, 1.807) is 6.20 Å². The highest BCUT2D eigenvalue weighted by Gasteiger charge is 2.16. The molecule has 0 saturated heterocycles. The second-order valence-electron chi connectivity index (χ2n) is 6.24. The van der Waals surface area contributed by atoms with Gasteiger partial charge in [0.15, 0.2) is 11.6 Å². The summed E-state index contributed by atoms with van der Waals surface area (Å²) in [6.45, 7) is 6.95. The van der Waals surface area contributed by atoms with Crippen LogP contribution in [0.15, 0.2) is 54.4 Å². The van der Waals surface area contributed by atoms with Crippen LogP contribution in [-0.4, -0.2) is 25.7 Å². The van der Waals surface area contributed by atoms with Crippen LogP contribution in [0.1, 0.15) is 30.8 Å². The van der Waals surface area contributed by atoms with E-state index in [4.69, 9.17) is 0 Å². The molecule has 0 saturated carbocycles. The first kappa shape index (κ1) is 17.6. The van der Waals surface area contributed by atoms with E-state index >= 15 is 0 Å². The quantitative estimate of drug-likeness (QED) is 0.560. The first-order valence-corrected chi connectivity index (χ1v) is 8.39. The third-order valence-corrected chi connectivity index (χ3v) is 4.33. The van der Waals surface area contributed by atoms with Crippen molar-refractivity contribution in [1.82, 2.24) is 14.8 Å². The Labute approximate surface area is 152 Å². The van der Waals surface area contributed by atoms with Crippen LogP contribution >= 0.6 is 0 Å². The number of allylic oxidation sites excluding steroid dienone is 2. The van der Waals surface area contributed by atoms with Crippen molar-refractivity contribution in [3.05, 3.63) is 71.4 Å². The summed E-state index contributed by atoms with van der Waals surface area (Å²) in [5.41, 5.74) is 4.99. The van der Waals surface area contributed by atoms with Gasteiger partial charge in [-0.05, 0) is 51.0 Å². The number of carbonyl (C=O) groups is 1. The summed E-state index contributed by atoms with van der Waals surface area (Å²) in [5.74, 6) is 0.641. The number of aliphatic hydroxyl groups is 1. The van der Waals surface area contributed by atoms with Gasteiger partial charge in [0, 0.05) is 11.8 Å². The average molecular weight is 347 g/mol. The molecule has 0 spiro atoms. The van der Waals surface area contributed by atoms with Gasteiger partial charge in [-0.25, -0.2) is 9.67 Å². The molecule has 2 aromatic heterocycles. The lowest BCUT2D eigenvalue weighted by atomic mass is 9.97. The highest BCUT2D eigenvalue weighted by molar-refractivity contribution is 6.20. The number of nitrogens with zero attached hydrogens (tertiary/aromatic N) is 3. The molecule has 0 aliphatic carbocycles. The number of aliphatic hydroxyl groups excluding tert-OH is 1. The van der Waals surface area contributed by atoms with Gasteiger partial charge in [0.05, 0.1) is 17.0 Å². The van der Waals surface area contributed by atoms with Crippen molar-refractivity contribution in [3.63, 3.8) is 0 Å². The standard InChI is InChI=1S/C21H21N3O2/c1-13-20(14(2)24(23-13)19-7-5-6-12-22-19)17-8-10-18(11-9-17)21(15(3)25)16(4)26/h5-12,25H,1-4H3/b21-15-. The number of rotatable bonds is 4. The largest absolute Gasteiger partial charge is 0.512 e. The number of hydrogen-bond acceptors (Lipinski definition) is 4. The molecule has 3 rings (SSSR count).